The molecule has 28 heavy (non-hydrogen) atoms. The van der Waals surface area contributed by atoms with Crippen molar-refractivity contribution in [2.24, 2.45) is 0 Å². The molecular weight excluding hydrogens is 358 g/mol. The lowest BCUT2D eigenvalue weighted by molar-refractivity contribution is 0.0845. The molecule has 0 saturated heterocycles. The second-order valence-corrected chi connectivity index (χ2v) is 6.50. The van der Waals surface area contributed by atoms with Crippen LogP contribution in [0, 0.1) is 27.7 Å². The monoisotopic (exact) mass is 379 g/mol. The van der Waals surface area contributed by atoms with Gasteiger partial charge in [-0.25, -0.2) is 5.10 Å². The topological polar surface area (TPSA) is 109 Å². The highest BCUT2D eigenvalue weighted by Gasteiger charge is 2.20. The summed E-state index contributed by atoms with van der Waals surface area (Å²) >= 11 is 0. The number of aromatic amines is 1. The summed E-state index contributed by atoms with van der Waals surface area (Å²) in [5, 5.41) is 6.07. The van der Waals surface area contributed by atoms with Gasteiger partial charge in [-0.1, -0.05) is 18.2 Å². The maximum absolute atomic E-state index is 12.6. The third-order valence-electron chi connectivity index (χ3n) is 4.68. The van der Waals surface area contributed by atoms with Crippen molar-refractivity contribution in [3.05, 3.63) is 80.5 Å². The Morgan fingerprint density at radius 1 is 1.00 bits per heavy atom. The highest BCUT2D eigenvalue weighted by atomic mass is 16.2. The van der Waals surface area contributed by atoms with Crippen LogP contribution in [0.1, 0.15) is 43.4 Å². The molecule has 0 unspecified atom stereocenters. The highest BCUT2D eigenvalue weighted by molar-refractivity contribution is 6.00. The van der Waals surface area contributed by atoms with E-state index in [2.05, 4.69) is 21.0 Å². The van der Waals surface area contributed by atoms with Crippen LogP contribution in [-0.4, -0.2) is 26.6 Å². The number of aromatic nitrogens is 3. The van der Waals surface area contributed by atoms with Crippen molar-refractivity contribution < 1.29 is 9.59 Å². The number of H-pyrrole nitrogens is 1. The van der Waals surface area contributed by atoms with Crippen LogP contribution in [0.5, 0.6) is 0 Å². The molecule has 8 nitrogen and oxygen atoms in total. The Labute approximate surface area is 161 Å². The number of hydrogen-bond donors (Lipinski definition) is 3. The third-order valence-corrected chi connectivity index (χ3v) is 4.68. The Balaban J connectivity index is 1.81. The zero-order chi connectivity index (χ0) is 20.4. The van der Waals surface area contributed by atoms with Gasteiger partial charge in [-0.05, 0) is 51.5 Å². The van der Waals surface area contributed by atoms with Crippen molar-refractivity contribution in [1.29, 1.82) is 0 Å². The van der Waals surface area contributed by atoms with Crippen molar-refractivity contribution in [2.45, 2.75) is 27.7 Å². The largest absolute Gasteiger partial charge is 0.318 e. The quantitative estimate of drug-likeness (QED) is 0.604. The van der Waals surface area contributed by atoms with E-state index in [0.29, 0.717) is 16.8 Å². The average Bonchev–Trinajstić information content (AvgIpc) is 2.98. The first-order valence-corrected chi connectivity index (χ1v) is 8.72. The summed E-state index contributed by atoms with van der Waals surface area (Å²) in [6, 6.07) is 11.4. The molecule has 2 amide bonds. The standard InChI is InChI=1S/C20H21N5O3/c1-11-10-16(14(4)25(11)15-8-6-5-7-9-15)18(26)22-24-20(28)17-12(2)13(3)21-23-19(17)27/h5-10H,1-4H3,(H,22,26)(H,23,27)(H,24,28). The fourth-order valence-corrected chi connectivity index (χ4v) is 3.11. The van der Waals surface area contributed by atoms with E-state index in [1.165, 1.54) is 0 Å². The first-order valence-electron chi connectivity index (χ1n) is 8.72. The van der Waals surface area contributed by atoms with E-state index in [9.17, 15) is 14.4 Å². The van der Waals surface area contributed by atoms with Crippen LogP contribution in [-0.2, 0) is 0 Å². The van der Waals surface area contributed by atoms with Crippen LogP contribution < -0.4 is 16.4 Å². The van der Waals surface area contributed by atoms with Gasteiger partial charge in [0.1, 0.15) is 5.56 Å². The molecule has 2 heterocycles. The lowest BCUT2D eigenvalue weighted by atomic mass is 10.1. The number of nitrogens with zero attached hydrogens (tertiary/aromatic N) is 2. The predicted octanol–water partition coefficient (Wildman–Crippen LogP) is 1.87. The number of hydrazine groups is 1. The predicted molar refractivity (Wildman–Crippen MR) is 105 cm³/mol. The summed E-state index contributed by atoms with van der Waals surface area (Å²) in [6.07, 6.45) is 0. The second kappa shape index (κ2) is 7.51. The van der Waals surface area contributed by atoms with Crippen LogP contribution in [0.4, 0.5) is 0 Å². The van der Waals surface area contributed by atoms with Crippen LogP contribution in [0.15, 0.2) is 41.2 Å². The molecule has 3 N–H and O–H groups in total. The zero-order valence-electron chi connectivity index (χ0n) is 16.1. The number of rotatable bonds is 3. The van der Waals surface area contributed by atoms with E-state index in [-0.39, 0.29) is 5.56 Å². The Morgan fingerprint density at radius 3 is 2.32 bits per heavy atom. The molecule has 0 aliphatic carbocycles. The van der Waals surface area contributed by atoms with Gasteiger partial charge >= 0.3 is 0 Å². The maximum Gasteiger partial charge on any atom is 0.277 e. The highest BCUT2D eigenvalue weighted by Crippen LogP contribution is 2.20. The molecule has 2 aromatic heterocycles. The normalized spacial score (nSPS) is 10.6. The summed E-state index contributed by atoms with van der Waals surface area (Å²) in [4.78, 5) is 36.9. The van der Waals surface area contributed by atoms with Gasteiger partial charge in [0.05, 0.1) is 11.3 Å². The summed E-state index contributed by atoms with van der Waals surface area (Å²) in [7, 11) is 0. The van der Waals surface area contributed by atoms with E-state index in [0.717, 1.165) is 17.1 Å². The lowest BCUT2D eigenvalue weighted by Gasteiger charge is -2.11. The number of hydrogen-bond acceptors (Lipinski definition) is 4. The van der Waals surface area contributed by atoms with Crippen molar-refractivity contribution in [2.75, 3.05) is 0 Å². The molecule has 0 saturated carbocycles. The SMILES string of the molecule is Cc1n[nH]c(=O)c(C(=O)NNC(=O)c2cc(C)n(-c3ccccc3)c2C)c1C. The van der Waals surface area contributed by atoms with E-state index in [1.807, 2.05) is 48.7 Å². The average molecular weight is 379 g/mol. The van der Waals surface area contributed by atoms with Gasteiger partial charge in [0, 0.05) is 17.1 Å². The maximum atomic E-state index is 12.6. The van der Waals surface area contributed by atoms with Crippen LogP contribution in [0.2, 0.25) is 0 Å². The molecule has 0 aliphatic heterocycles. The molecule has 144 valence electrons. The number of aryl methyl sites for hydroxylation is 2. The van der Waals surface area contributed by atoms with Crippen molar-refractivity contribution in [3.63, 3.8) is 0 Å². The number of para-hydroxylation sites is 1. The van der Waals surface area contributed by atoms with Crippen molar-refractivity contribution in [1.82, 2.24) is 25.6 Å². The molecule has 0 fully saturated rings. The summed E-state index contributed by atoms with van der Waals surface area (Å²) in [6.45, 7) is 7.04. The molecule has 0 atom stereocenters. The summed E-state index contributed by atoms with van der Waals surface area (Å²) < 4.78 is 1.96. The molecule has 1 aromatic carbocycles. The Bertz CT molecular complexity index is 1110. The van der Waals surface area contributed by atoms with E-state index < -0.39 is 17.4 Å². The minimum atomic E-state index is -0.700. The lowest BCUT2D eigenvalue weighted by Crippen LogP contribution is -2.44. The van der Waals surface area contributed by atoms with E-state index >= 15 is 0 Å². The molecule has 0 radical (unpaired) electrons. The Hall–Kier alpha value is -3.68. The van der Waals surface area contributed by atoms with Crippen LogP contribution >= 0.6 is 0 Å². The molecule has 0 bridgehead atoms. The van der Waals surface area contributed by atoms with Crippen LogP contribution in [0.3, 0.4) is 0 Å². The number of nitrogens with one attached hydrogen (secondary N) is 3. The third kappa shape index (κ3) is 3.44. The first kappa shape index (κ1) is 19.1. The molecule has 0 aliphatic rings. The number of benzene rings is 1. The first-order chi connectivity index (χ1) is 13.3. The number of carbonyl (C=O) groups is 2. The van der Waals surface area contributed by atoms with Gasteiger partial charge in [0.2, 0.25) is 0 Å². The molecule has 3 aromatic rings. The fourth-order valence-electron chi connectivity index (χ4n) is 3.11. The molecule has 3 rings (SSSR count). The fraction of sp³-hybridized carbons (Fsp3) is 0.200. The molecule has 8 heteroatoms. The Kier molecular flexibility index (Phi) is 5.12. The van der Waals surface area contributed by atoms with Gasteiger partial charge in [-0.15, -0.1) is 0 Å². The van der Waals surface area contributed by atoms with E-state index in [1.54, 1.807) is 19.9 Å². The smallest absolute Gasteiger partial charge is 0.277 e. The number of carbonyl (C=O) groups excluding carboxylic acids is 2. The van der Waals surface area contributed by atoms with Gasteiger partial charge in [-0.2, -0.15) is 5.10 Å². The summed E-state index contributed by atoms with van der Waals surface area (Å²) in [5.74, 6) is -1.17. The minimum Gasteiger partial charge on any atom is -0.318 e. The minimum absolute atomic E-state index is 0.0810. The number of amides is 2. The van der Waals surface area contributed by atoms with Crippen LogP contribution in [0.25, 0.3) is 5.69 Å². The molecule has 0 spiro atoms. The van der Waals surface area contributed by atoms with Crippen molar-refractivity contribution in [3.8, 4) is 5.69 Å². The van der Waals surface area contributed by atoms with Gasteiger partial charge in [0.15, 0.2) is 0 Å². The van der Waals surface area contributed by atoms with E-state index in [4.69, 9.17) is 0 Å². The Morgan fingerprint density at radius 2 is 1.64 bits per heavy atom. The molecular formula is C20H21N5O3. The zero-order valence-corrected chi connectivity index (χ0v) is 16.1. The summed E-state index contributed by atoms with van der Waals surface area (Å²) in [5.41, 5.74) is 7.97. The van der Waals surface area contributed by atoms with Gasteiger partial charge in [-0.3, -0.25) is 25.2 Å². The second-order valence-electron chi connectivity index (χ2n) is 6.50. The van der Waals surface area contributed by atoms with Gasteiger partial charge < -0.3 is 4.57 Å². The van der Waals surface area contributed by atoms with Crippen molar-refractivity contribution >= 4 is 11.8 Å². The van der Waals surface area contributed by atoms with Gasteiger partial charge in [0.25, 0.3) is 17.4 Å².